The Hall–Kier alpha value is -1.10. The van der Waals surface area contributed by atoms with Gasteiger partial charge in [-0.2, -0.15) is 0 Å². The van der Waals surface area contributed by atoms with Crippen LogP contribution >= 0.6 is 11.3 Å². The summed E-state index contributed by atoms with van der Waals surface area (Å²) in [5, 5.41) is 6.47. The number of hydrogen-bond donors (Lipinski definition) is 2. The highest BCUT2D eigenvalue weighted by atomic mass is 32.1. The molecule has 1 fully saturated rings. The van der Waals surface area contributed by atoms with Crippen LogP contribution in [0.3, 0.4) is 0 Å². The molecule has 1 heterocycles. The van der Waals surface area contributed by atoms with E-state index >= 15 is 0 Å². The summed E-state index contributed by atoms with van der Waals surface area (Å²) in [7, 11) is 0. The fourth-order valence-corrected chi connectivity index (χ4v) is 2.75. The van der Waals surface area contributed by atoms with E-state index in [1.54, 1.807) is 11.3 Å². The molecule has 1 aromatic rings. The van der Waals surface area contributed by atoms with Gasteiger partial charge in [-0.1, -0.05) is 6.42 Å². The molecule has 0 bridgehead atoms. The highest BCUT2D eigenvalue weighted by Gasteiger charge is 2.16. The molecular weight excluding hydrogens is 244 g/mol. The third-order valence-corrected chi connectivity index (χ3v) is 4.31. The lowest BCUT2D eigenvalue weighted by Crippen LogP contribution is -2.33. The molecule has 18 heavy (non-hydrogen) atoms. The molecule has 0 aliphatic heterocycles. The monoisotopic (exact) mass is 266 g/mol. The van der Waals surface area contributed by atoms with Gasteiger partial charge in [0.15, 0.2) is 5.96 Å². The van der Waals surface area contributed by atoms with Crippen molar-refractivity contribution < 1.29 is 0 Å². The molecule has 5 heteroatoms. The molecule has 4 nitrogen and oxygen atoms in total. The van der Waals surface area contributed by atoms with Gasteiger partial charge < -0.3 is 11.1 Å². The molecule has 0 unspecified atom stereocenters. The van der Waals surface area contributed by atoms with E-state index in [1.807, 2.05) is 6.92 Å². The minimum atomic E-state index is 0.595. The lowest BCUT2D eigenvalue weighted by molar-refractivity contribution is 0.326. The van der Waals surface area contributed by atoms with Crippen molar-refractivity contribution in [1.29, 1.82) is 0 Å². The number of rotatable bonds is 6. The van der Waals surface area contributed by atoms with E-state index in [2.05, 4.69) is 20.7 Å². The predicted octanol–water partition coefficient (Wildman–Crippen LogP) is 2.09. The summed E-state index contributed by atoms with van der Waals surface area (Å²) in [6, 6.07) is 0. The van der Waals surface area contributed by atoms with Crippen LogP contribution < -0.4 is 11.1 Å². The number of nitrogens with two attached hydrogens (primary N) is 1. The minimum Gasteiger partial charge on any atom is -0.370 e. The predicted molar refractivity (Wildman–Crippen MR) is 77.0 cm³/mol. The van der Waals surface area contributed by atoms with Crippen LogP contribution in [-0.2, 0) is 6.42 Å². The Kier molecular flexibility index (Phi) is 4.99. The second-order valence-electron chi connectivity index (χ2n) is 4.94. The summed E-state index contributed by atoms with van der Waals surface area (Å²) in [4.78, 5) is 8.80. The van der Waals surface area contributed by atoms with Crippen LogP contribution in [0.4, 0.5) is 0 Å². The Balaban J connectivity index is 1.56. The van der Waals surface area contributed by atoms with Gasteiger partial charge in [-0.15, -0.1) is 11.3 Å². The van der Waals surface area contributed by atoms with Gasteiger partial charge in [0.2, 0.25) is 0 Å². The molecule has 1 aliphatic rings. The standard InChI is InChI=1S/C13H22N4S/c1-10-9-18-12(17-10)6-3-7-15-13(14)16-8-11-4-2-5-11/h9,11H,2-8H2,1H3,(H3,14,15,16). The van der Waals surface area contributed by atoms with Gasteiger partial charge in [-0.05, 0) is 32.1 Å². The molecule has 0 saturated heterocycles. The smallest absolute Gasteiger partial charge is 0.188 e. The number of aliphatic imine (C=N–C) groups is 1. The zero-order chi connectivity index (χ0) is 12.8. The van der Waals surface area contributed by atoms with Gasteiger partial charge in [0.05, 0.1) is 5.01 Å². The lowest BCUT2D eigenvalue weighted by atomic mass is 9.86. The molecular formula is C13H22N4S. The first-order valence-electron chi connectivity index (χ1n) is 6.69. The van der Waals surface area contributed by atoms with Crippen LogP contribution in [0, 0.1) is 12.8 Å². The number of guanidine groups is 1. The van der Waals surface area contributed by atoms with Crippen molar-refractivity contribution in [3.8, 4) is 0 Å². The van der Waals surface area contributed by atoms with E-state index in [4.69, 9.17) is 5.73 Å². The third kappa shape index (κ3) is 4.29. The number of thiazole rings is 1. The number of aromatic nitrogens is 1. The lowest BCUT2D eigenvalue weighted by Gasteiger charge is -2.23. The van der Waals surface area contributed by atoms with Crippen LogP contribution in [0.5, 0.6) is 0 Å². The summed E-state index contributed by atoms with van der Waals surface area (Å²) in [6.07, 6.45) is 6.06. The second-order valence-corrected chi connectivity index (χ2v) is 5.88. The molecule has 0 aromatic carbocycles. The van der Waals surface area contributed by atoms with E-state index in [1.165, 1.54) is 24.3 Å². The summed E-state index contributed by atoms with van der Waals surface area (Å²) in [5.74, 6) is 1.38. The second kappa shape index (κ2) is 6.73. The van der Waals surface area contributed by atoms with Crippen molar-refractivity contribution in [3.05, 3.63) is 16.1 Å². The van der Waals surface area contributed by atoms with E-state index in [0.29, 0.717) is 5.96 Å². The van der Waals surface area contributed by atoms with Gasteiger partial charge in [0.1, 0.15) is 0 Å². The van der Waals surface area contributed by atoms with Gasteiger partial charge in [-0.25, -0.2) is 4.98 Å². The number of nitrogens with one attached hydrogen (secondary N) is 1. The zero-order valence-electron chi connectivity index (χ0n) is 11.0. The fraction of sp³-hybridized carbons (Fsp3) is 0.692. The first-order chi connectivity index (χ1) is 8.74. The van der Waals surface area contributed by atoms with E-state index in [9.17, 15) is 0 Å². The molecule has 0 atom stereocenters. The Morgan fingerprint density at radius 2 is 2.44 bits per heavy atom. The zero-order valence-corrected chi connectivity index (χ0v) is 11.8. The molecule has 100 valence electrons. The molecule has 1 saturated carbocycles. The normalized spacial score (nSPS) is 16.6. The van der Waals surface area contributed by atoms with Crippen molar-refractivity contribution in [2.24, 2.45) is 16.6 Å². The third-order valence-electron chi connectivity index (χ3n) is 3.28. The average Bonchev–Trinajstić information content (AvgIpc) is 2.68. The molecule has 2 rings (SSSR count). The van der Waals surface area contributed by atoms with Gasteiger partial charge >= 0.3 is 0 Å². The van der Waals surface area contributed by atoms with Crippen molar-refractivity contribution in [2.75, 3.05) is 13.1 Å². The number of aryl methyl sites for hydroxylation is 2. The maximum absolute atomic E-state index is 5.81. The van der Waals surface area contributed by atoms with Crippen molar-refractivity contribution in [3.63, 3.8) is 0 Å². The molecule has 1 aromatic heterocycles. The minimum absolute atomic E-state index is 0.595. The summed E-state index contributed by atoms with van der Waals surface area (Å²) in [5.41, 5.74) is 6.93. The van der Waals surface area contributed by atoms with Crippen LogP contribution in [0.15, 0.2) is 10.4 Å². The summed E-state index contributed by atoms with van der Waals surface area (Å²) < 4.78 is 0. The van der Waals surface area contributed by atoms with Crippen LogP contribution in [-0.4, -0.2) is 24.0 Å². The van der Waals surface area contributed by atoms with E-state index < -0.39 is 0 Å². The number of hydrogen-bond acceptors (Lipinski definition) is 3. The molecule has 3 N–H and O–H groups in total. The highest BCUT2D eigenvalue weighted by molar-refractivity contribution is 7.09. The first-order valence-corrected chi connectivity index (χ1v) is 7.57. The van der Waals surface area contributed by atoms with Crippen LogP contribution in [0.1, 0.15) is 36.4 Å². The van der Waals surface area contributed by atoms with E-state index in [-0.39, 0.29) is 0 Å². The quantitative estimate of drug-likeness (QED) is 0.471. The maximum atomic E-state index is 5.81. The Bertz CT molecular complexity index is 395. The fourth-order valence-electron chi connectivity index (χ4n) is 1.93. The SMILES string of the molecule is Cc1csc(CCCNC(N)=NCC2CCC2)n1. The molecule has 0 radical (unpaired) electrons. The van der Waals surface area contributed by atoms with E-state index in [0.717, 1.165) is 37.5 Å². The first kappa shape index (κ1) is 13.3. The van der Waals surface area contributed by atoms with Gasteiger partial charge in [-0.3, -0.25) is 4.99 Å². The van der Waals surface area contributed by atoms with Crippen LogP contribution in [0.2, 0.25) is 0 Å². The van der Waals surface area contributed by atoms with Crippen molar-refractivity contribution in [1.82, 2.24) is 10.3 Å². The molecule has 0 spiro atoms. The largest absolute Gasteiger partial charge is 0.370 e. The molecule has 0 amide bonds. The number of nitrogens with zero attached hydrogens (tertiary/aromatic N) is 2. The van der Waals surface area contributed by atoms with Gasteiger partial charge in [0, 0.05) is 30.6 Å². The van der Waals surface area contributed by atoms with Crippen molar-refractivity contribution in [2.45, 2.75) is 39.0 Å². The highest BCUT2D eigenvalue weighted by Crippen LogP contribution is 2.26. The van der Waals surface area contributed by atoms with Crippen molar-refractivity contribution >= 4 is 17.3 Å². The summed E-state index contributed by atoms with van der Waals surface area (Å²) in [6.45, 7) is 3.80. The topological polar surface area (TPSA) is 63.3 Å². The molecule has 1 aliphatic carbocycles. The Labute approximate surface area is 113 Å². The van der Waals surface area contributed by atoms with Gasteiger partial charge in [0.25, 0.3) is 0 Å². The summed E-state index contributed by atoms with van der Waals surface area (Å²) >= 11 is 1.73. The Morgan fingerprint density at radius 3 is 3.06 bits per heavy atom. The Morgan fingerprint density at radius 1 is 1.61 bits per heavy atom. The van der Waals surface area contributed by atoms with Crippen LogP contribution in [0.25, 0.3) is 0 Å². The maximum Gasteiger partial charge on any atom is 0.188 e. The average molecular weight is 266 g/mol.